The number of ether oxygens (including phenoxy) is 2. The van der Waals surface area contributed by atoms with E-state index >= 15 is 0 Å². The van der Waals surface area contributed by atoms with Gasteiger partial charge in [0.05, 0.1) is 0 Å². The maximum atomic E-state index is 6.13. The summed E-state index contributed by atoms with van der Waals surface area (Å²) in [6.45, 7) is 0.327. The average Bonchev–Trinajstić information content (AvgIpc) is 3.06. The molecular weight excluding hydrogens is 396 g/mol. The molecule has 3 aromatic rings. The highest BCUT2D eigenvalue weighted by Gasteiger charge is 2.47. The van der Waals surface area contributed by atoms with Crippen LogP contribution in [-0.2, 0) is 10.3 Å². The number of aliphatic imine (C=N–C) groups is 1. The minimum atomic E-state index is -0.734. The van der Waals surface area contributed by atoms with E-state index in [0.29, 0.717) is 6.61 Å². The van der Waals surface area contributed by atoms with Crippen molar-refractivity contribution in [3.8, 4) is 22.6 Å². The van der Waals surface area contributed by atoms with Crippen LogP contribution in [0.3, 0.4) is 0 Å². The lowest BCUT2D eigenvalue weighted by Crippen LogP contribution is -2.31. The number of nitrogens with two attached hydrogens (primary N) is 1. The van der Waals surface area contributed by atoms with Crippen molar-refractivity contribution in [1.29, 1.82) is 0 Å². The summed E-state index contributed by atoms with van der Waals surface area (Å²) in [7, 11) is 0. The van der Waals surface area contributed by atoms with Crippen LogP contribution in [-0.4, -0.2) is 22.6 Å². The van der Waals surface area contributed by atoms with Crippen LogP contribution < -0.4 is 10.5 Å². The monoisotopic (exact) mass is 408 g/mol. The molecule has 0 amide bonds. The van der Waals surface area contributed by atoms with Gasteiger partial charge in [0.15, 0.2) is 5.54 Å². The third-order valence-corrected chi connectivity index (χ3v) is 5.15. The smallest absolute Gasteiger partial charge is 0.283 e. The van der Waals surface area contributed by atoms with Gasteiger partial charge in [-0.05, 0) is 35.9 Å². The van der Waals surface area contributed by atoms with Crippen LogP contribution in [0.1, 0.15) is 11.1 Å². The van der Waals surface area contributed by atoms with Crippen molar-refractivity contribution >= 4 is 22.0 Å². The van der Waals surface area contributed by atoms with Crippen molar-refractivity contribution in [2.75, 3.05) is 6.61 Å². The maximum absolute atomic E-state index is 6.13. The molecule has 1 aromatic heterocycles. The molecule has 128 valence electrons. The molecule has 2 N–H and O–H groups in total. The Bertz CT molecular complexity index is 1050. The Balaban J connectivity index is 1.76. The number of halogens is 1. The molecular formula is C19H13BrN4O2. The first kappa shape index (κ1) is 15.3. The summed E-state index contributed by atoms with van der Waals surface area (Å²) < 4.78 is 12.6. The first-order chi connectivity index (χ1) is 12.7. The summed E-state index contributed by atoms with van der Waals surface area (Å²) in [5, 5.41) is 0. The Morgan fingerprint density at radius 3 is 2.42 bits per heavy atom. The number of rotatable bonds is 1. The second-order valence-electron chi connectivity index (χ2n) is 6.18. The Morgan fingerprint density at radius 2 is 1.69 bits per heavy atom. The van der Waals surface area contributed by atoms with Crippen molar-refractivity contribution in [2.45, 2.75) is 5.54 Å². The van der Waals surface area contributed by atoms with E-state index in [-0.39, 0.29) is 6.02 Å². The van der Waals surface area contributed by atoms with Gasteiger partial charge in [0.2, 0.25) is 0 Å². The van der Waals surface area contributed by atoms with Crippen molar-refractivity contribution in [2.24, 2.45) is 10.7 Å². The van der Waals surface area contributed by atoms with E-state index in [9.17, 15) is 0 Å². The first-order valence-electron chi connectivity index (χ1n) is 8.02. The maximum Gasteiger partial charge on any atom is 0.283 e. The van der Waals surface area contributed by atoms with Crippen LogP contribution in [0.4, 0.5) is 0 Å². The van der Waals surface area contributed by atoms with Gasteiger partial charge in [-0.3, -0.25) is 0 Å². The zero-order chi connectivity index (χ0) is 17.7. The van der Waals surface area contributed by atoms with Crippen LogP contribution >= 0.6 is 15.9 Å². The fourth-order valence-electron chi connectivity index (χ4n) is 3.45. The number of hydrogen-bond acceptors (Lipinski definition) is 6. The lowest BCUT2D eigenvalue weighted by molar-refractivity contribution is 0.264. The Labute approximate surface area is 157 Å². The van der Waals surface area contributed by atoms with E-state index < -0.39 is 5.54 Å². The fraction of sp³-hybridized carbons (Fsp3) is 0.105. The highest BCUT2D eigenvalue weighted by molar-refractivity contribution is 9.10. The number of fused-ring (bicyclic) bond motifs is 4. The molecule has 2 aromatic carbocycles. The lowest BCUT2D eigenvalue weighted by atomic mass is 9.80. The van der Waals surface area contributed by atoms with Crippen molar-refractivity contribution in [1.82, 2.24) is 9.97 Å². The van der Waals surface area contributed by atoms with E-state index in [1.165, 1.54) is 6.33 Å². The topological polar surface area (TPSA) is 82.6 Å². The zero-order valence-electron chi connectivity index (χ0n) is 13.5. The highest BCUT2D eigenvalue weighted by Crippen LogP contribution is 2.52. The quantitative estimate of drug-likeness (QED) is 0.664. The number of nitrogens with zero attached hydrogens (tertiary/aromatic N) is 3. The second-order valence-corrected chi connectivity index (χ2v) is 7.10. The summed E-state index contributed by atoms with van der Waals surface area (Å²) in [6.07, 6.45) is 5.06. The zero-order valence-corrected chi connectivity index (χ0v) is 15.1. The van der Waals surface area contributed by atoms with Gasteiger partial charge in [-0.1, -0.05) is 22.0 Å². The third kappa shape index (κ3) is 2.20. The van der Waals surface area contributed by atoms with Gasteiger partial charge in [0.25, 0.3) is 6.02 Å². The predicted molar refractivity (Wildman–Crippen MR) is 100 cm³/mol. The molecule has 0 aliphatic carbocycles. The normalized spacial score (nSPS) is 20.0. The molecule has 0 saturated heterocycles. The summed E-state index contributed by atoms with van der Waals surface area (Å²) in [5.41, 5.74) is 8.88. The van der Waals surface area contributed by atoms with Crippen LogP contribution in [0.25, 0.3) is 11.1 Å². The minimum absolute atomic E-state index is 0.178. The highest BCUT2D eigenvalue weighted by atomic mass is 79.9. The van der Waals surface area contributed by atoms with E-state index in [1.54, 1.807) is 12.4 Å². The van der Waals surface area contributed by atoms with Crippen molar-refractivity contribution in [3.05, 3.63) is 70.7 Å². The van der Waals surface area contributed by atoms with Gasteiger partial charge in [0, 0.05) is 33.6 Å². The largest absolute Gasteiger partial charge is 0.462 e. The number of benzene rings is 2. The molecule has 0 saturated carbocycles. The van der Waals surface area contributed by atoms with Gasteiger partial charge in [0.1, 0.15) is 24.4 Å². The molecule has 0 fully saturated rings. The van der Waals surface area contributed by atoms with Gasteiger partial charge >= 0.3 is 0 Å². The molecule has 6 nitrogen and oxygen atoms in total. The van der Waals surface area contributed by atoms with Gasteiger partial charge in [-0.15, -0.1) is 0 Å². The van der Waals surface area contributed by atoms with E-state index in [4.69, 9.17) is 15.2 Å². The molecule has 3 heterocycles. The number of amidine groups is 1. The summed E-state index contributed by atoms with van der Waals surface area (Å²) in [4.78, 5) is 12.9. The fourth-order valence-corrected chi connectivity index (χ4v) is 3.82. The Morgan fingerprint density at radius 1 is 0.962 bits per heavy atom. The molecule has 26 heavy (non-hydrogen) atoms. The first-order valence-corrected chi connectivity index (χ1v) is 8.81. The molecule has 1 unspecified atom stereocenters. The summed E-state index contributed by atoms with van der Waals surface area (Å²) in [5.74, 6) is 1.49. The molecule has 0 bridgehead atoms. The average molecular weight is 409 g/mol. The number of aromatic nitrogens is 2. The molecule has 2 aliphatic rings. The standard InChI is InChI=1S/C19H13BrN4O2/c20-13-2-4-17-15(6-13)19(9-25-18(21)24-19)14-5-11(1-3-16(14)26-17)12-7-22-10-23-8-12/h1-8,10H,9H2,(H2,21,24). The lowest BCUT2D eigenvalue weighted by Gasteiger charge is -2.33. The predicted octanol–water partition coefficient (Wildman–Crippen LogP) is 3.60. The molecule has 1 spiro atoms. The molecule has 0 radical (unpaired) electrons. The molecule has 7 heteroatoms. The molecule has 5 rings (SSSR count). The third-order valence-electron chi connectivity index (χ3n) is 4.66. The van der Waals surface area contributed by atoms with Crippen LogP contribution in [0.5, 0.6) is 11.5 Å². The van der Waals surface area contributed by atoms with Crippen molar-refractivity contribution < 1.29 is 9.47 Å². The Kier molecular flexibility index (Phi) is 3.27. The molecule has 2 aliphatic heterocycles. The Hall–Kier alpha value is -2.93. The minimum Gasteiger partial charge on any atom is -0.462 e. The van der Waals surface area contributed by atoms with Crippen LogP contribution in [0, 0.1) is 0 Å². The van der Waals surface area contributed by atoms with Crippen molar-refractivity contribution in [3.63, 3.8) is 0 Å². The number of hydrogen-bond donors (Lipinski definition) is 1. The van der Waals surface area contributed by atoms with E-state index in [0.717, 1.165) is 38.2 Å². The van der Waals surface area contributed by atoms with Gasteiger partial charge in [-0.25, -0.2) is 15.0 Å². The summed E-state index contributed by atoms with van der Waals surface area (Å²) >= 11 is 3.53. The van der Waals surface area contributed by atoms with Crippen LogP contribution in [0.2, 0.25) is 0 Å². The second kappa shape index (κ2) is 5.54. The van der Waals surface area contributed by atoms with Gasteiger partial charge < -0.3 is 15.2 Å². The van der Waals surface area contributed by atoms with Crippen LogP contribution in [0.15, 0.2) is 64.6 Å². The summed E-state index contributed by atoms with van der Waals surface area (Å²) in [6, 6.07) is 12.0. The van der Waals surface area contributed by atoms with E-state index in [2.05, 4.69) is 30.9 Å². The molecule has 1 atom stereocenters. The van der Waals surface area contributed by atoms with Gasteiger partial charge in [-0.2, -0.15) is 0 Å². The SMILES string of the molecule is NC1=NC2(CO1)c1cc(Br)ccc1Oc1ccc(-c3cncnc3)cc12. The van der Waals surface area contributed by atoms with E-state index in [1.807, 2.05) is 36.4 Å².